The van der Waals surface area contributed by atoms with Gasteiger partial charge in [-0.1, -0.05) is 30.4 Å². The molecule has 0 radical (unpaired) electrons. The average Bonchev–Trinajstić information content (AvgIpc) is 3.13. The standard InChI is InChI=1S/C18H22N2O/c19-9-3-5-14-4-1-2-6-17(14)18(21)20-12-16-11-13-7-8-15(16)10-13/h1-2,4,6,13,15-16H,7-12,19H2,(H,20,21). The number of nitrogens with two attached hydrogens (primary N) is 1. The van der Waals surface area contributed by atoms with E-state index in [1.54, 1.807) is 0 Å². The fourth-order valence-electron chi connectivity index (χ4n) is 3.88. The van der Waals surface area contributed by atoms with Crippen molar-refractivity contribution in [1.29, 1.82) is 0 Å². The van der Waals surface area contributed by atoms with Gasteiger partial charge in [0.1, 0.15) is 0 Å². The van der Waals surface area contributed by atoms with E-state index in [1.165, 1.54) is 25.7 Å². The van der Waals surface area contributed by atoms with Crippen molar-refractivity contribution in [3.05, 3.63) is 35.4 Å². The lowest BCUT2D eigenvalue weighted by molar-refractivity contribution is 0.0941. The summed E-state index contributed by atoms with van der Waals surface area (Å²) in [6.45, 7) is 1.11. The number of hydrogen-bond donors (Lipinski definition) is 2. The Hall–Kier alpha value is -1.79. The summed E-state index contributed by atoms with van der Waals surface area (Å²) in [6.07, 6.45) is 5.41. The maximum Gasteiger partial charge on any atom is 0.252 e. The third-order valence-electron chi connectivity index (χ3n) is 4.91. The van der Waals surface area contributed by atoms with Gasteiger partial charge in [0.05, 0.1) is 12.1 Å². The smallest absolute Gasteiger partial charge is 0.252 e. The predicted molar refractivity (Wildman–Crippen MR) is 83.6 cm³/mol. The van der Waals surface area contributed by atoms with Crippen molar-refractivity contribution in [3.8, 4) is 11.8 Å². The van der Waals surface area contributed by atoms with Crippen molar-refractivity contribution in [3.63, 3.8) is 0 Å². The van der Waals surface area contributed by atoms with E-state index < -0.39 is 0 Å². The van der Waals surface area contributed by atoms with Gasteiger partial charge in [0.2, 0.25) is 0 Å². The normalized spacial score (nSPS) is 26.2. The van der Waals surface area contributed by atoms with Gasteiger partial charge in [0.15, 0.2) is 0 Å². The Labute approximate surface area is 126 Å². The molecule has 1 amide bonds. The highest BCUT2D eigenvalue weighted by Crippen LogP contribution is 2.47. The maximum atomic E-state index is 12.4. The van der Waals surface area contributed by atoms with Crippen molar-refractivity contribution in [2.75, 3.05) is 13.1 Å². The summed E-state index contributed by atoms with van der Waals surface area (Å²) in [5.74, 6) is 8.20. The molecule has 0 aromatic heterocycles. The highest BCUT2D eigenvalue weighted by atomic mass is 16.1. The van der Waals surface area contributed by atoms with Crippen LogP contribution in [0, 0.1) is 29.6 Å². The van der Waals surface area contributed by atoms with Crippen molar-refractivity contribution < 1.29 is 4.79 Å². The van der Waals surface area contributed by atoms with Gasteiger partial charge in [0.25, 0.3) is 5.91 Å². The molecule has 3 atom stereocenters. The second kappa shape index (κ2) is 6.32. The molecular weight excluding hydrogens is 260 g/mol. The molecular formula is C18H22N2O. The number of benzene rings is 1. The lowest BCUT2D eigenvalue weighted by Gasteiger charge is -2.21. The summed E-state index contributed by atoms with van der Waals surface area (Å²) in [6, 6.07) is 7.47. The second-order valence-electron chi connectivity index (χ2n) is 6.20. The molecule has 3 unspecified atom stereocenters. The van der Waals surface area contributed by atoms with Crippen LogP contribution in [-0.2, 0) is 0 Å². The van der Waals surface area contributed by atoms with Crippen LogP contribution < -0.4 is 11.1 Å². The van der Waals surface area contributed by atoms with E-state index in [9.17, 15) is 4.79 Å². The highest BCUT2D eigenvalue weighted by Gasteiger charge is 2.39. The van der Waals surface area contributed by atoms with E-state index in [-0.39, 0.29) is 5.91 Å². The van der Waals surface area contributed by atoms with Gasteiger partial charge in [-0.15, -0.1) is 0 Å². The molecule has 2 bridgehead atoms. The molecule has 3 heteroatoms. The van der Waals surface area contributed by atoms with Gasteiger partial charge in [0, 0.05) is 12.1 Å². The summed E-state index contributed by atoms with van der Waals surface area (Å²) in [7, 11) is 0. The number of fused-ring (bicyclic) bond motifs is 2. The van der Waals surface area contributed by atoms with Gasteiger partial charge >= 0.3 is 0 Å². The van der Waals surface area contributed by atoms with Gasteiger partial charge in [-0.25, -0.2) is 0 Å². The minimum atomic E-state index is -0.0142. The lowest BCUT2D eigenvalue weighted by atomic mass is 9.89. The molecule has 0 saturated heterocycles. The highest BCUT2D eigenvalue weighted by molar-refractivity contribution is 5.96. The Bertz CT molecular complexity index is 584. The van der Waals surface area contributed by atoms with Gasteiger partial charge in [-0.05, 0) is 49.1 Å². The third-order valence-corrected chi connectivity index (χ3v) is 4.91. The average molecular weight is 282 g/mol. The summed E-state index contributed by atoms with van der Waals surface area (Å²) in [5, 5.41) is 3.10. The number of carbonyl (C=O) groups excluding carboxylic acids is 1. The quantitative estimate of drug-likeness (QED) is 0.835. The Morgan fingerprint density at radius 3 is 2.86 bits per heavy atom. The Kier molecular flexibility index (Phi) is 4.26. The van der Waals surface area contributed by atoms with Crippen molar-refractivity contribution >= 4 is 5.91 Å². The van der Waals surface area contributed by atoms with E-state index in [1.807, 2.05) is 24.3 Å². The van der Waals surface area contributed by atoms with Gasteiger partial charge < -0.3 is 11.1 Å². The van der Waals surface area contributed by atoms with E-state index in [2.05, 4.69) is 17.2 Å². The molecule has 110 valence electrons. The SMILES string of the molecule is NCC#Cc1ccccc1C(=O)NCC1CC2CCC1C2. The summed E-state index contributed by atoms with van der Waals surface area (Å²) < 4.78 is 0. The molecule has 3 rings (SSSR count). The van der Waals surface area contributed by atoms with Crippen LogP contribution in [-0.4, -0.2) is 19.0 Å². The topological polar surface area (TPSA) is 55.1 Å². The zero-order valence-electron chi connectivity index (χ0n) is 12.3. The maximum absolute atomic E-state index is 12.4. The Balaban J connectivity index is 1.63. The van der Waals surface area contributed by atoms with E-state index in [4.69, 9.17) is 5.73 Å². The van der Waals surface area contributed by atoms with Gasteiger partial charge in [-0.3, -0.25) is 4.79 Å². The largest absolute Gasteiger partial charge is 0.352 e. The molecule has 3 N–H and O–H groups in total. The zero-order valence-corrected chi connectivity index (χ0v) is 12.3. The van der Waals surface area contributed by atoms with Crippen LogP contribution in [0.4, 0.5) is 0 Å². The van der Waals surface area contributed by atoms with Crippen LogP contribution in [0.2, 0.25) is 0 Å². The number of carbonyl (C=O) groups is 1. The number of nitrogens with one attached hydrogen (secondary N) is 1. The number of rotatable bonds is 3. The molecule has 2 saturated carbocycles. The zero-order chi connectivity index (χ0) is 14.7. The van der Waals surface area contributed by atoms with Crippen LogP contribution in [0.1, 0.15) is 41.6 Å². The Morgan fingerprint density at radius 1 is 1.29 bits per heavy atom. The molecule has 21 heavy (non-hydrogen) atoms. The number of amides is 1. The van der Waals surface area contributed by atoms with Crippen LogP contribution in [0.5, 0.6) is 0 Å². The predicted octanol–water partition coefficient (Wildman–Crippen LogP) is 2.16. The molecule has 3 nitrogen and oxygen atoms in total. The van der Waals surface area contributed by atoms with Crippen LogP contribution in [0.15, 0.2) is 24.3 Å². The lowest BCUT2D eigenvalue weighted by Crippen LogP contribution is -2.32. The fourth-order valence-corrected chi connectivity index (χ4v) is 3.88. The molecule has 2 fully saturated rings. The first-order valence-corrected chi connectivity index (χ1v) is 7.84. The third kappa shape index (κ3) is 3.11. The molecule has 2 aliphatic rings. The van der Waals surface area contributed by atoms with Crippen LogP contribution in [0.3, 0.4) is 0 Å². The molecule has 0 spiro atoms. The van der Waals surface area contributed by atoms with Crippen molar-refractivity contribution in [2.45, 2.75) is 25.7 Å². The van der Waals surface area contributed by atoms with Crippen LogP contribution >= 0.6 is 0 Å². The molecule has 0 aliphatic heterocycles. The Morgan fingerprint density at radius 2 is 2.14 bits per heavy atom. The van der Waals surface area contributed by atoms with Crippen molar-refractivity contribution in [2.24, 2.45) is 23.5 Å². The first kappa shape index (κ1) is 14.2. The molecule has 1 aromatic carbocycles. The minimum Gasteiger partial charge on any atom is -0.352 e. The van der Waals surface area contributed by atoms with E-state index in [0.717, 1.165) is 23.9 Å². The van der Waals surface area contributed by atoms with Gasteiger partial charge in [-0.2, -0.15) is 0 Å². The summed E-state index contributed by atoms with van der Waals surface area (Å²) in [4.78, 5) is 12.4. The van der Waals surface area contributed by atoms with Crippen LogP contribution in [0.25, 0.3) is 0 Å². The molecule has 1 aromatic rings. The first-order chi connectivity index (χ1) is 10.3. The first-order valence-electron chi connectivity index (χ1n) is 7.84. The fraction of sp³-hybridized carbons (Fsp3) is 0.500. The van der Waals surface area contributed by atoms with E-state index >= 15 is 0 Å². The molecule has 2 aliphatic carbocycles. The summed E-state index contributed by atoms with van der Waals surface area (Å²) >= 11 is 0. The summed E-state index contributed by atoms with van der Waals surface area (Å²) in [5.41, 5.74) is 6.82. The number of hydrogen-bond acceptors (Lipinski definition) is 2. The molecule has 0 heterocycles. The van der Waals surface area contributed by atoms with Crippen molar-refractivity contribution in [1.82, 2.24) is 5.32 Å². The monoisotopic (exact) mass is 282 g/mol. The van der Waals surface area contributed by atoms with E-state index in [0.29, 0.717) is 18.0 Å². The minimum absolute atomic E-state index is 0.0142. The second-order valence-corrected chi connectivity index (χ2v) is 6.20.